The second-order valence-corrected chi connectivity index (χ2v) is 6.01. The van der Waals surface area contributed by atoms with Crippen molar-refractivity contribution in [2.45, 2.75) is 6.42 Å². The van der Waals surface area contributed by atoms with Crippen LogP contribution < -0.4 is 5.43 Å². The number of hydrogen-bond acceptors (Lipinski definition) is 4. The summed E-state index contributed by atoms with van der Waals surface area (Å²) in [6.45, 7) is 0. The molecule has 3 aromatic rings. The van der Waals surface area contributed by atoms with E-state index in [0.717, 1.165) is 11.1 Å². The number of benzene rings is 2. The van der Waals surface area contributed by atoms with E-state index in [4.69, 9.17) is 11.6 Å². The van der Waals surface area contributed by atoms with E-state index in [2.05, 4.69) is 15.5 Å². The number of nitrogens with zero attached hydrogens (tertiary/aromatic N) is 2. The van der Waals surface area contributed by atoms with Crippen molar-refractivity contribution < 1.29 is 9.90 Å². The summed E-state index contributed by atoms with van der Waals surface area (Å²) in [6.07, 6.45) is 5.07. The van der Waals surface area contributed by atoms with Gasteiger partial charge in [-0.15, -0.1) is 0 Å². The van der Waals surface area contributed by atoms with E-state index >= 15 is 0 Å². The van der Waals surface area contributed by atoms with Gasteiger partial charge in [0.05, 0.1) is 11.8 Å². The largest absolute Gasteiger partial charge is 0.507 e. The SMILES string of the molecule is O=C(NN=Cc1cc(Cc2ccccc2Cl)ccc1O)c1cccnc1. The van der Waals surface area contributed by atoms with Gasteiger partial charge in [0.25, 0.3) is 5.91 Å². The van der Waals surface area contributed by atoms with Crippen LogP contribution in [0.25, 0.3) is 0 Å². The summed E-state index contributed by atoms with van der Waals surface area (Å²) in [5.41, 5.74) is 5.28. The number of carbonyl (C=O) groups is 1. The van der Waals surface area contributed by atoms with Gasteiger partial charge in [-0.1, -0.05) is 35.9 Å². The predicted molar refractivity (Wildman–Crippen MR) is 102 cm³/mol. The molecule has 3 rings (SSSR count). The zero-order valence-corrected chi connectivity index (χ0v) is 14.5. The van der Waals surface area contributed by atoms with Gasteiger partial charge in [0.1, 0.15) is 5.75 Å². The molecular formula is C20H16ClN3O2. The molecule has 2 N–H and O–H groups in total. The first-order chi connectivity index (χ1) is 12.6. The third-order valence-corrected chi connectivity index (χ3v) is 4.11. The van der Waals surface area contributed by atoms with Gasteiger partial charge < -0.3 is 5.11 Å². The Balaban J connectivity index is 1.72. The lowest BCUT2D eigenvalue weighted by Gasteiger charge is -2.07. The maximum atomic E-state index is 11.9. The standard InChI is InChI=1S/C20H16ClN3O2/c21-18-6-2-1-4-15(18)10-14-7-8-19(25)17(11-14)13-23-24-20(26)16-5-3-9-22-12-16/h1-9,11-13,25H,10H2,(H,24,26). The molecule has 5 nitrogen and oxygen atoms in total. The molecule has 130 valence electrons. The molecule has 0 radical (unpaired) electrons. The maximum absolute atomic E-state index is 11.9. The highest BCUT2D eigenvalue weighted by Crippen LogP contribution is 2.22. The van der Waals surface area contributed by atoms with Gasteiger partial charge in [0, 0.05) is 23.0 Å². The number of nitrogens with one attached hydrogen (secondary N) is 1. The minimum Gasteiger partial charge on any atom is -0.507 e. The van der Waals surface area contributed by atoms with Crippen LogP contribution in [-0.4, -0.2) is 22.2 Å². The number of phenols is 1. The molecule has 26 heavy (non-hydrogen) atoms. The second kappa shape index (κ2) is 8.27. The lowest BCUT2D eigenvalue weighted by atomic mass is 10.0. The van der Waals surface area contributed by atoms with E-state index in [-0.39, 0.29) is 11.7 Å². The van der Waals surface area contributed by atoms with Crippen molar-refractivity contribution in [3.8, 4) is 5.75 Å². The molecule has 0 aliphatic rings. The minimum absolute atomic E-state index is 0.0762. The van der Waals surface area contributed by atoms with E-state index in [9.17, 15) is 9.90 Å². The van der Waals surface area contributed by atoms with Crippen LogP contribution in [0.1, 0.15) is 27.0 Å². The summed E-state index contributed by atoms with van der Waals surface area (Å²) in [5.74, 6) is -0.298. The molecule has 0 unspecified atom stereocenters. The smallest absolute Gasteiger partial charge is 0.272 e. The highest BCUT2D eigenvalue weighted by molar-refractivity contribution is 6.31. The lowest BCUT2D eigenvalue weighted by molar-refractivity contribution is 0.0954. The molecule has 1 heterocycles. The normalized spacial score (nSPS) is 10.8. The van der Waals surface area contributed by atoms with Crippen LogP contribution in [0.3, 0.4) is 0 Å². The van der Waals surface area contributed by atoms with E-state index in [1.165, 1.54) is 12.4 Å². The third kappa shape index (κ3) is 4.46. The van der Waals surface area contributed by atoms with Crippen LogP contribution in [0.4, 0.5) is 0 Å². The number of pyridine rings is 1. The minimum atomic E-state index is -0.374. The Hall–Kier alpha value is -3.18. The molecule has 0 saturated heterocycles. The third-order valence-electron chi connectivity index (χ3n) is 3.74. The van der Waals surface area contributed by atoms with Gasteiger partial charge >= 0.3 is 0 Å². The van der Waals surface area contributed by atoms with Crippen molar-refractivity contribution in [3.63, 3.8) is 0 Å². The van der Waals surface area contributed by atoms with Crippen molar-refractivity contribution in [3.05, 3.63) is 94.3 Å². The van der Waals surface area contributed by atoms with Crippen molar-refractivity contribution >= 4 is 23.7 Å². The van der Waals surface area contributed by atoms with Crippen LogP contribution in [0, 0.1) is 0 Å². The zero-order valence-electron chi connectivity index (χ0n) is 13.8. The van der Waals surface area contributed by atoms with Crippen LogP contribution in [-0.2, 0) is 6.42 Å². The number of hydrogen-bond donors (Lipinski definition) is 2. The summed E-state index contributed by atoms with van der Waals surface area (Å²) >= 11 is 6.19. The molecule has 1 amide bonds. The molecule has 0 fully saturated rings. The molecule has 2 aromatic carbocycles. The first-order valence-corrected chi connectivity index (χ1v) is 8.30. The average Bonchev–Trinajstić information content (AvgIpc) is 2.66. The summed E-state index contributed by atoms with van der Waals surface area (Å²) in [5, 5.41) is 14.6. The Kier molecular flexibility index (Phi) is 5.61. The zero-order chi connectivity index (χ0) is 18.4. The highest BCUT2D eigenvalue weighted by atomic mass is 35.5. The number of carbonyl (C=O) groups excluding carboxylic acids is 1. The van der Waals surface area contributed by atoms with Crippen LogP contribution in [0.2, 0.25) is 5.02 Å². The Morgan fingerprint density at radius 1 is 1.19 bits per heavy atom. The lowest BCUT2D eigenvalue weighted by Crippen LogP contribution is -2.17. The molecule has 0 bridgehead atoms. The molecule has 1 aromatic heterocycles. The Morgan fingerprint density at radius 2 is 2.04 bits per heavy atom. The van der Waals surface area contributed by atoms with Gasteiger partial charge in [-0.25, -0.2) is 5.43 Å². The van der Waals surface area contributed by atoms with Crippen LogP contribution in [0.15, 0.2) is 72.1 Å². The van der Waals surface area contributed by atoms with Crippen molar-refractivity contribution in [2.24, 2.45) is 5.10 Å². The first kappa shape index (κ1) is 17.6. The molecule has 0 atom stereocenters. The van der Waals surface area contributed by atoms with Gasteiger partial charge in [-0.05, 0) is 47.9 Å². The van der Waals surface area contributed by atoms with Gasteiger partial charge in [0.2, 0.25) is 0 Å². The molecule has 0 aliphatic carbocycles. The Morgan fingerprint density at radius 3 is 2.81 bits per heavy atom. The van der Waals surface area contributed by atoms with Crippen LogP contribution >= 0.6 is 11.6 Å². The molecule has 0 aliphatic heterocycles. The Labute approximate surface area is 156 Å². The van der Waals surface area contributed by atoms with E-state index in [1.54, 1.807) is 30.5 Å². The number of halogens is 1. The maximum Gasteiger partial charge on any atom is 0.272 e. The van der Waals surface area contributed by atoms with Crippen molar-refractivity contribution in [2.75, 3.05) is 0 Å². The first-order valence-electron chi connectivity index (χ1n) is 7.92. The fourth-order valence-electron chi connectivity index (χ4n) is 2.40. The highest BCUT2D eigenvalue weighted by Gasteiger charge is 2.06. The van der Waals surface area contributed by atoms with E-state index in [1.807, 2.05) is 30.3 Å². The summed E-state index contributed by atoms with van der Waals surface area (Å²) < 4.78 is 0. The van der Waals surface area contributed by atoms with Crippen LogP contribution in [0.5, 0.6) is 5.75 Å². The fraction of sp³-hybridized carbons (Fsp3) is 0.0500. The molecule has 6 heteroatoms. The topological polar surface area (TPSA) is 74.6 Å². The van der Waals surface area contributed by atoms with E-state index < -0.39 is 0 Å². The molecular weight excluding hydrogens is 350 g/mol. The van der Waals surface area contributed by atoms with Gasteiger partial charge in [0.15, 0.2) is 0 Å². The number of phenolic OH excluding ortho intramolecular Hbond substituents is 1. The summed E-state index contributed by atoms with van der Waals surface area (Å²) in [4.78, 5) is 15.8. The molecule has 0 saturated carbocycles. The average molecular weight is 366 g/mol. The molecule has 0 spiro atoms. The fourth-order valence-corrected chi connectivity index (χ4v) is 2.60. The number of rotatable bonds is 5. The number of aromatic nitrogens is 1. The monoisotopic (exact) mass is 365 g/mol. The Bertz CT molecular complexity index is 943. The summed E-state index contributed by atoms with van der Waals surface area (Å²) in [6, 6.07) is 16.1. The quantitative estimate of drug-likeness (QED) is 0.533. The number of aromatic hydroxyl groups is 1. The van der Waals surface area contributed by atoms with Crippen molar-refractivity contribution in [1.29, 1.82) is 0 Å². The van der Waals surface area contributed by atoms with E-state index in [0.29, 0.717) is 22.6 Å². The second-order valence-electron chi connectivity index (χ2n) is 5.60. The number of amides is 1. The summed E-state index contributed by atoms with van der Waals surface area (Å²) in [7, 11) is 0. The van der Waals surface area contributed by atoms with Crippen molar-refractivity contribution in [1.82, 2.24) is 10.4 Å². The predicted octanol–water partition coefficient (Wildman–Crippen LogP) is 3.80. The number of hydrazone groups is 1. The van der Waals surface area contributed by atoms with Gasteiger partial charge in [-0.3, -0.25) is 9.78 Å². The van der Waals surface area contributed by atoms with Gasteiger partial charge in [-0.2, -0.15) is 5.10 Å².